The highest BCUT2D eigenvalue weighted by molar-refractivity contribution is 5.79. The van der Waals surface area contributed by atoms with Gasteiger partial charge >= 0.3 is 6.36 Å². The topological polar surface area (TPSA) is 79.4 Å². The Morgan fingerprint density at radius 2 is 1.79 bits per heavy atom. The third-order valence-corrected chi connectivity index (χ3v) is 5.77. The number of anilines is 2. The molecule has 1 heterocycles. The second-order valence-electron chi connectivity index (χ2n) is 8.63. The Morgan fingerprint density at radius 1 is 1.15 bits per heavy atom. The number of alkyl halides is 3. The summed E-state index contributed by atoms with van der Waals surface area (Å²) in [4.78, 5) is 23.6. The number of ether oxygens (including phenoxy) is 1. The molecule has 2 aromatic rings. The summed E-state index contributed by atoms with van der Waals surface area (Å²) in [6.07, 6.45) is 0.194. The lowest BCUT2D eigenvalue weighted by Crippen LogP contribution is -2.37. The molecule has 0 spiro atoms. The lowest BCUT2D eigenvalue weighted by Gasteiger charge is -2.29. The molecule has 1 aromatic carbocycles. The molecule has 33 heavy (non-hydrogen) atoms. The minimum absolute atomic E-state index is 0.0435. The molecule has 3 rings (SSSR count). The standard InChI is InChI=1S/C23H30F3N5O2/c1-14-13-27-22(30-20(14)31(3)4)29-18-9-5-17(6-10-18)21(32)28-15(2)16-7-11-19(12-8-16)33-23(24,25)26/h7-8,11-13,15,17-18H,5-6,9-10H2,1-4H3,(H,28,32)(H,27,29,30)/t15?,17-,18+. The first-order valence-corrected chi connectivity index (χ1v) is 11.0. The zero-order valence-corrected chi connectivity index (χ0v) is 19.2. The molecule has 0 saturated heterocycles. The van der Waals surface area contributed by atoms with Crippen LogP contribution >= 0.6 is 0 Å². The van der Waals surface area contributed by atoms with Gasteiger partial charge in [-0.05, 0) is 57.2 Å². The summed E-state index contributed by atoms with van der Waals surface area (Å²) in [6, 6.07) is 5.42. The van der Waals surface area contributed by atoms with Crippen LogP contribution in [0.25, 0.3) is 0 Å². The first-order valence-electron chi connectivity index (χ1n) is 11.0. The zero-order valence-electron chi connectivity index (χ0n) is 19.2. The van der Waals surface area contributed by atoms with E-state index in [0.717, 1.165) is 37.1 Å². The van der Waals surface area contributed by atoms with E-state index < -0.39 is 6.36 Å². The van der Waals surface area contributed by atoms with Crippen molar-refractivity contribution in [2.24, 2.45) is 5.92 Å². The Hall–Kier alpha value is -3.04. The summed E-state index contributed by atoms with van der Waals surface area (Å²) in [5, 5.41) is 6.35. The minimum atomic E-state index is -4.73. The molecule has 180 valence electrons. The van der Waals surface area contributed by atoms with Crippen molar-refractivity contribution < 1.29 is 22.7 Å². The Balaban J connectivity index is 1.48. The van der Waals surface area contributed by atoms with Crippen LogP contribution in [0, 0.1) is 12.8 Å². The van der Waals surface area contributed by atoms with Crippen molar-refractivity contribution >= 4 is 17.7 Å². The predicted molar refractivity (Wildman–Crippen MR) is 120 cm³/mol. The molecule has 1 aromatic heterocycles. The van der Waals surface area contributed by atoms with Crippen LogP contribution in [0.15, 0.2) is 30.5 Å². The third-order valence-electron chi connectivity index (χ3n) is 5.77. The molecule has 1 aliphatic carbocycles. The van der Waals surface area contributed by atoms with Crippen molar-refractivity contribution in [2.75, 3.05) is 24.3 Å². The fourth-order valence-electron chi connectivity index (χ4n) is 4.01. The Morgan fingerprint density at radius 3 is 2.36 bits per heavy atom. The first-order chi connectivity index (χ1) is 15.5. The van der Waals surface area contributed by atoms with E-state index in [0.29, 0.717) is 11.5 Å². The van der Waals surface area contributed by atoms with Crippen LogP contribution in [0.5, 0.6) is 5.75 Å². The van der Waals surface area contributed by atoms with Crippen LogP contribution < -0.4 is 20.3 Å². The minimum Gasteiger partial charge on any atom is -0.406 e. The van der Waals surface area contributed by atoms with Crippen LogP contribution in [0.1, 0.15) is 49.8 Å². The summed E-state index contributed by atoms with van der Waals surface area (Å²) in [6.45, 7) is 3.77. The van der Waals surface area contributed by atoms with Crippen molar-refractivity contribution in [2.45, 2.75) is 58.0 Å². The second kappa shape index (κ2) is 10.3. The van der Waals surface area contributed by atoms with Gasteiger partial charge in [0, 0.05) is 37.8 Å². The zero-order chi connectivity index (χ0) is 24.2. The molecule has 2 N–H and O–H groups in total. The van der Waals surface area contributed by atoms with E-state index in [-0.39, 0.29) is 29.7 Å². The van der Waals surface area contributed by atoms with Gasteiger partial charge in [0.25, 0.3) is 0 Å². The van der Waals surface area contributed by atoms with Gasteiger partial charge in [0.1, 0.15) is 11.6 Å². The van der Waals surface area contributed by atoms with Crippen molar-refractivity contribution in [3.05, 3.63) is 41.6 Å². The summed E-state index contributed by atoms with van der Waals surface area (Å²) in [5.41, 5.74) is 1.71. The molecule has 1 amide bonds. The Labute approximate surface area is 191 Å². The SMILES string of the molecule is Cc1cnc(N[C@H]2CC[C@@H](C(=O)NC(C)c3ccc(OC(F)(F)F)cc3)CC2)nc1N(C)C. The van der Waals surface area contributed by atoms with Crippen LogP contribution in [-0.2, 0) is 4.79 Å². The first kappa shape index (κ1) is 24.6. The number of benzene rings is 1. The lowest BCUT2D eigenvalue weighted by molar-refractivity contribution is -0.274. The number of carbonyl (C=O) groups is 1. The van der Waals surface area contributed by atoms with Crippen LogP contribution in [0.4, 0.5) is 24.9 Å². The Kier molecular flexibility index (Phi) is 7.65. The van der Waals surface area contributed by atoms with Crippen molar-refractivity contribution in [3.8, 4) is 5.75 Å². The molecular weight excluding hydrogens is 435 g/mol. The number of hydrogen-bond acceptors (Lipinski definition) is 6. The molecule has 0 radical (unpaired) electrons. The molecule has 0 bridgehead atoms. The number of rotatable bonds is 7. The molecule has 1 fully saturated rings. The smallest absolute Gasteiger partial charge is 0.406 e. The van der Waals surface area contributed by atoms with Gasteiger partial charge in [-0.2, -0.15) is 4.98 Å². The largest absolute Gasteiger partial charge is 0.573 e. The van der Waals surface area contributed by atoms with E-state index in [1.54, 1.807) is 6.20 Å². The van der Waals surface area contributed by atoms with Crippen molar-refractivity contribution in [3.63, 3.8) is 0 Å². The van der Waals surface area contributed by atoms with Crippen molar-refractivity contribution in [1.82, 2.24) is 15.3 Å². The number of halogens is 3. The highest BCUT2D eigenvalue weighted by atomic mass is 19.4. The quantitative estimate of drug-likeness (QED) is 0.622. The predicted octanol–water partition coefficient (Wildman–Crippen LogP) is 4.60. The van der Waals surface area contributed by atoms with E-state index in [9.17, 15) is 18.0 Å². The molecule has 0 aliphatic heterocycles. The molecule has 1 saturated carbocycles. The molecule has 1 atom stereocenters. The van der Waals surface area contributed by atoms with E-state index >= 15 is 0 Å². The van der Waals surface area contributed by atoms with Gasteiger partial charge in [-0.15, -0.1) is 13.2 Å². The van der Waals surface area contributed by atoms with E-state index in [2.05, 4.69) is 25.3 Å². The monoisotopic (exact) mass is 465 g/mol. The number of hydrogen-bond donors (Lipinski definition) is 2. The van der Waals surface area contributed by atoms with Gasteiger partial charge in [0.05, 0.1) is 6.04 Å². The number of aryl methyl sites for hydroxylation is 1. The van der Waals surface area contributed by atoms with E-state index in [4.69, 9.17) is 0 Å². The van der Waals surface area contributed by atoms with Crippen LogP contribution in [-0.4, -0.2) is 42.4 Å². The van der Waals surface area contributed by atoms with Gasteiger partial charge in [-0.1, -0.05) is 12.1 Å². The summed E-state index contributed by atoms with van der Waals surface area (Å²) in [7, 11) is 3.88. The van der Waals surface area contributed by atoms with E-state index in [1.807, 2.05) is 32.8 Å². The average Bonchev–Trinajstić information content (AvgIpc) is 2.74. The summed E-state index contributed by atoms with van der Waals surface area (Å²) in [5.74, 6) is 1.02. The van der Waals surface area contributed by atoms with Gasteiger partial charge in [-0.3, -0.25) is 4.79 Å². The highest BCUT2D eigenvalue weighted by Gasteiger charge is 2.31. The van der Waals surface area contributed by atoms with Gasteiger partial charge in [-0.25, -0.2) is 4.98 Å². The fraction of sp³-hybridized carbons (Fsp3) is 0.522. The van der Waals surface area contributed by atoms with Gasteiger partial charge < -0.3 is 20.3 Å². The van der Waals surface area contributed by atoms with Gasteiger partial charge in [0.15, 0.2) is 0 Å². The summed E-state index contributed by atoms with van der Waals surface area (Å²) < 4.78 is 40.8. The second-order valence-corrected chi connectivity index (χ2v) is 8.63. The number of nitrogens with one attached hydrogen (secondary N) is 2. The molecule has 10 heteroatoms. The highest BCUT2D eigenvalue weighted by Crippen LogP contribution is 2.28. The fourth-order valence-corrected chi connectivity index (χ4v) is 4.01. The normalized spacial score (nSPS) is 19.5. The van der Waals surface area contributed by atoms with Crippen molar-refractivity contribution in [1.29, 1.82) is 0 Å². The summed E-state index contributed by atoms with van der Waals surface area (Å²) >= 11 is 0. The number of nitrogens with zero attached hydrogens (tertiary/aromatic N) is 3. The Bertz CT molecular complexity index is 942. The molecular formula is C23H30F3N5O2. The maximum atomic E-state index is 12.7. The van der Waals surface area contributed by atoms with E-state index in [1.165, 1.54) is 24.3 Å². The lowest BCUT2D eigenvalue weighted by atomic mass is 9.85. The number of aromatic nitrogens is 2. The maximum absolute atomic E-state index is 12.7. The third kappa shape index (κ3) is 6.97. The van der Waals surface area contributed by atoms with Crippen LogP contribution in [0.2, 0.25) is 0 Å². The van der Waals surface area contributed by atoms with Crippen LogP contribution in [0.3, 0.4) is 0 Å². The molecule has 1 unspecified atom stereocenters. The maximum Gasteiger partial charge on any atom is 0.573 e. The van der Waals surface area contributed by atoms with Gasteiger partial charge in [0.2, 0.25) is 11.9 Å². The number of amides is 1. The molecule has 1 aliphatic rings. The average molecular weight is 466 g/mol. The number of carbonyl (C=O) groups excluding carboxylic acids is 1. The molecule has 7 nitrogen and oxygen atoms in total.